The number of rotatable bonds is 9. The van der Waals surface area contributed by atoms with Crippen molar-refractivity contribution in [3.05, 3.63) is 65.0 Å². The molecule has 2 saturated heterocycles. The number of unbranched alkanes of at least 4 members (excludes halogenated alkanes) is 1. The van der Waals surface area contributed by atoms with Gasteiger partial charge in [-0.1, -0.05) is 18.2 Å². The van der Waals surface area contributed by atoms with E-state index < -0.39 is 17.6 Å². The number of morpholine rings is 1. The SMILES string of the molecule is CN(Cc1ccc(C(F)(F)F)c(F)c1)[C@H]1CN(C(=O)CCCCN2CCOCC2)C[C@@H]1c1cccc(N)c1. The van der Waals surface area contributed by atoms with Gasteiger partial charge in [0.05, 0.1) is 18.8 Å². The lowest BCUT2D eigenvalue weighted by Gasteiger charge is -2.29. The first-order valence-corrected chi connectivity index (χ1v) is 13.1. The fraction of sp³-hybridized carbons (Fsp3) is 0.536. The molecular weight excluding hydrogens is 500 g/mol. The van der Waals surface area contributed by atoms with Crippen molar-refractivity contribution in [3.8, 4) is 0 Å². The maximum Gasteiger partial charge on any atom is 0.419 e. The number of ether oxygens (including phenoxy) is 1. The average Bonchev–Trinajstić information content (AvgIpc) is 3.32. The first kappa shape index (κ1) is 28.3. The largest absolute Gasteiger partial charge is 0.419 e. The van der Waals surface area contributed by atoms with Crippen molar-refractivity contribution in [2.45, 2.75) is 43.9 Å². The normalized spacial score (nSPS) is 20.8. The molecule has 10 heteroatoms. The zero-order chi connectivity index (χ0) is 27.3. The summed E-state index contributed by atoms with van der Waals surface area (Å²) in [5.41, 5.74) is 6.84. The zero-order valence-electron chi connectivity index (χ0n) is 21.7. The van der Waals surface area contributed by atoms with Crippen LogP contribution in [0.3, 0.4) is 0 Å². The minimum Gasteiger partial charge on any atom is -0.399 e. The second kappa shape index (κ2) is 12.4. The van der Waals surface area contributed by atoms with Gasteiger partial charge in [0.25, 0.3) is 0 Å². The van der Waals surface area contributed by atoms with Crippen molar-refractivity contribution in [2.24, 2.45) is 0 Å². The maximum absolute atomic E-state index is 14.2. The number of amides is 1. The number of nitrogens with zero attached hydrogens (tertiary/aromatic N) is 3. The Morgan fingerprint density at radius 2 is 1.87 bits per heavy atom. The maximum atomic E-state index is 14.2. The number of likely N-dealkylation sites (N-methyl/N-ethyl adjacent to an activating group) is 1. The summed E-state index contributed by atoms with van der Waals surface area (Å²) in [5.74, 6) is -1.21. The van der Waals surface area contributed by atoms with Crippen LogP contribution in [0, 0.1) is 5.82 Å². The van der Waals surface area contributed by atoms with E-state index in [0.29, 0.717) is 30.8 Å². The van der Waals surface area contributed by atoms with E-state index in [2.05, 4.69) is 4.90 Å². The van der Waals surface area contributed by atoms with Gasteiger partial charge >= 0.3 is 6.18 Å². The van der Waals surface area contributed by atoms with Gasteiger partial charge in [-0.15, -0.1) is 0 Å². The number of carbonyl (C=O) groups excluding carboxylic acids is 1. The summed E-state index contributed by atoms with van der Waals surface area (Å²) in [6.07, 6.45) is -2.52. The highest BCUT2D eigenvalue weighted by Gasteiger charge is 2.39. The van der Waals surface area contributed by atoms with E-state index in [4.69, 9.17) is 10.5 Å². The summed E-state index contributed by atoms with van der Waals surface area (Å²) in [4.78, 5) is 19.4. The smallest absolute Gasteiger partial charge is 0.399 e. The van der Waals surface area contributed by atoms with Crippen LogP contribution < -0.4 is 5.73 Å². The number of nitrogens with two attached hydrogens (primary N) is 1. The van der Waals surface area contributed by atoms with E-state index in [1.807, 2.05) is 35.0 Å². The molecule has 0 saturated carbocycles. The minimum atomic E-state index is -4.73. The molecule has 1 amide bonds. The molecule has 2 aliphatic heterocycles. The Kier molecular flexibility index (Phi) is 9.27. The molecule has 2 N–H and O–H groups in total. The van der Waals surface area contributed by atoms with Crippen LogP contribution in [-0.2, 0) is 22.3 Å². The molecule has 0 unspecified atom stereocenters. The third-order valence-corrected chi connectivity index (χ3v) is 7.54. The Hall–Kier alpha value is -2.69. The molecule has 0 bridgehead atoms. The summed E-state index contributed by atoms with van der Waals surface area (Å²) >= 11 is 0. The van der Waals surface area contributed by atoms with Crippen molar-refractivity contribution in [3.63, 3.8) is 0 Å². The van der Waals surface area contributed by atoms with Crippen LogP contribution in [0.2, 0.25) is 0 Å². The fourth-order valence-electron chi connectivity index (χ4n) is 5.44. The van der Waals surface area contributed by atoms with Crippen molar-refractivity contribution in [2.75, 3.05) is 58.7 Å². The van der Waals surface area contributed by atoms with Crippen LogP contribution in [0.25, 0.3) is 0 Å². The van der Waals surface area contributed by atoms with Crippen molar-refractivity contribution >= 4 is 11.6 Å². The van der Waals surface area contributed by atoms with Gasteiger partial charge in [0.1, 0.15) is 5.82 Å². The second-order valence-corrected chi connectivity index (χ2v) is 10.3. The average molecular weight is 537 g/mol. The summed E-state index contributed by atoms with van der Waals surface area (Å²) in [6.45, 7) is 5.59. The van der Waals surface area contributed by atoms with Gasteiger partial charge in [0.2, 0.25) is 5.91 Å². The number of likely N-dealkylation sites (tertiary alicyclic amines) is 1. The lowest BCUT2D eigenvalue weighted by molar-refractivity contribution is -0.140. The number of hydrogen-bond donors (Lipinski definition) is 1. The summed E-state index contributed by atoms with van der Waals surface area (Å²) in [5, 5.41) is 0. The lowest BCUT2D eigenvalue weighted by Crippen LogP contribution is -2.38. The molecule has 6 nitrogen and oxygen atoms in total. The number of nitrogen functional groups attached to an aromatic ring is 1. The van der Waals surface area contributed by atoms with Gasteiger partial charge in [-0.2, -0.15) is 13.2 Å². The van der Waals surface area contributed by atoms with Crippen molar-refractivity contribution < 1.29 is 27.1 Å². The molecule has 2 aromatic carbocycles. The molecule has 2 fully saturated rings. The van der Waals surface area contributed by atoms with Gasteiger partial charge in [0, 0.05) is 56.8 Å². The Balaban J connectivity index is 1.41. The highest BCUT2D eigenvalue weighted by atomic mass is 19.4. The van der Waals surface area contributed by atoms with E-state index in [1.165, 1.54) is 6.07 Å². The first-order chi connectivity index (χ1) is 18.1. The Morgan fingerprint density at radius 3 is 2.55 bits per heavy atom. The molecule has 2 heterocycles. The summed E-state index contributed by atoms with van der Waals surface area (Å²) in [6, 6.07) is 10.5. The molecule has 0 aromatic heterocycles. The Morgan fingerprint density at radius 1 is 1.11 bits per heavy atom. The van der Waals surface area contributed by atoms with Crippen LogP contribution in [-0.4, -0.2) is 79.6 Å². The fourth-order valence-corrected chi connectivity index (χ4v) is 5.44. The van der Waals surface area contributed by atoms with Gasteiger partial charge in [0.15, 0.2) is 0 Å². The highest BCUT2D eigenvalue weighted by Crippen LogP contribution is 2.34. The highest BCUT2D eigenvalue weighted by molar-refractivity contribution is 5.76. The molecular formula is C28H36F4N4O2. The van der Waals surface area contributed by atoms with Crippen LogP contribution in [0.4, 0.5) is 23.2 Å². The first-order valence-electron chi connectivity index (χ1n) is 13.1. The number of anilines is 1. The molecule has 208 valence electrons. The van der Waals surface area contributed by atoms with Gasteiger partial charge in [-0.3, -0.25) is 14.6 Å². The molecule has 2 aliphatic rings. The molecule has 4 rings (SSSR count). The van der Waals surface area contributed by atoms with Crippen LogP contribution in [0.5, 0.6) is 0 Å². The monoisotopic (exact) mass is 536 g/mol. The molecule has 0 radical (unpaired) electrons. The third-order valence-electron chi connectivity index (χ3n) is 7.54. The van der Waals surface area contributed by atoms with Crippen molar-refractivity contribution in [1.82, 2.24) is 14.7 Å². The van der Waals surface area contributed by atoms with E-state index in [-0.39, 0.29) is 24.4 Å². The van der Waals surface area contributed by atoms with Crippen molar-refractivity contribution in [1.29, 1.82) is 0 Å². The predicted octanol–water partition coefficient (Wildman–Crippen LogP) is 4.36. The second-order valence-electron chi connectivity index (χ2n) is 10.3. The van der Waals surface area contributed by atoms with Crippen LogP contribution in [0.15, 0.2) is 42.5 Å². The molecule has 0 aliphatic carbocycles. The third kappa shape index (κ3) is 7.24. The molecule has 0 spiro atoms. The van der Waals surface area contributed by atoms with E-state index in [9.17, 15) is 22.4 Å². The molecule has 38 heavy (non-hydrogen) atoms. The number of benzene rings is 2. The summed E-state index contributed by atoms with van der Waals surface area (Å²) in [7, 11) is 1.86. The standard InChI is InChI=1S/C28H36F4N4O2/c1-34(17-20-8-9-24(25(29)15-20)28(30,31)32)26-19-36(18-23(26)21-5-4-6-22(33)16-21)27(37)7-2-3-10-35-11-13-38-14-12-35/h4-6,8-9,15-16,23,26H,2-3,7,10-14,17-19,33H2,1H3/t23-,26+/m1/s1. The topological polar surface area (TPSA) is 62.0 Å². The number of hydrogen-bond acceptors (Lipinski definition) is 5. The number of alkyl halides is 3. The number of carbonyl (C=O) groups is 1. The quantitative estimate of drug-likeness (QED) is 0.293. The number of halogens is 4. The zero-order valence-corrected chi connectivity index (χ0v) is 21.7. The Labute approximate surface area is 221 Å². The van der Waals surface area contributed by atoms with E-state index in [0.717, 1.165) is 63.4 Å². The van der Waals surface area contributed by atoms with Crippen LogP contribution >= 0.6 is 0 Å². The van der Waals surface area contributed by atoms with E-state index >= 15 is 0 Å². The van der Waals surface area contributed by atoms with E-state index in [1.54, 1.807) is 6.07 Å². The van der Waals surface area contributed by atoms with Gasteiger partial charge < -0.3 is 15.4 Å². The Bertz CT molecular complexity index is 1090. The van der Waals surface area contributed by atoms with Crippen LogP contribution in [0.1, 0.15) is 41.9 Å². The van der Waals surface area contributed by atoms with Gasteiger partial charge in [-0.05, 0) is 61.8 Å². The predicted molar refractivity (Wildman–Crippen MR) is 138 cm³/mol. The molecule has 2 atom stereocenters. The van der Waals surface area contributed by atoms with Gasteiger partial charge in [-0.25, -0.2) is 4.39 Å². The minimum absolute atomic E-state index is 0.0277. The lowest BCUT2D eigenvalue weighted by atomic mass is 9.93. The molecule has 2 aromatic rings. The summed E-state index contributed by atoms with van der Waals surface area (Å²) < 4.78 is 58.5.